The van der Waals surface area contributed by atoms with Crippen molar-refractivity contribution in [2.45, 2.75) is 18.9 Å². The minimum Gasteiger partial charge on any atom is -0.468 e. The number of nitrogens with zero attached hydrogens (tertiary/aromatic N) is 2. The standard InChI is InChI=1S/C18H18ClN3O3/c1-25-18(24)14(20)10-11-4-5-15-12(9-11)6-8-22(15)17(23)13-3-2-7-21-16(13)19/h2-5,7,9,14H,6,8,10,20H2,1H3. The quantitative estimate of drug-likeness (QED) is 0.666. The van der Waals surface area contributed by atoms with Crippen molar-refractivity contribution in [3.63, 3.8) is 0 Å². The van der Waals surface area contributed by atoms with Crippen LogP contribution in [0.2, 0.25) is 5.15 Å². The van der Waals surface area contributed by atoms with Crippen molar-refractivity contribution in [1.82, 2.24) is 4.98 Å². The molecule has 6 nitrogen and oxygen atoms in total. The number of benzene rings is 1. The number of methoxy groups -OCH3 is 1. The van der Waals surface area contributed by atoms with Crippen LogP contribution in [-0.2, 0) is 22.4 Å². The van der Waals surface area contributed by atoms with Gasteiger partial charge in [-0.25, -0.2) is 4.98 Å². The van der Waals surface area contributed by atoms with Crippen molar-refractivity contribution in [2.24, 2.45) is 5.73 Å². The van der Waals surface area contributed by atoms with Gasteiger partial charge in [0.2, 0.25) is 0 Å². The third-order valence-electron chi connectivity index (χ3n) is 4.23. The van der Waals surface area contributed by atoms with Gasteiger partial charge in [0.25, 0.3) is 5.91 Å². The van der Waals surface area contributed by atoms with Gasteiger partial charge in [-0.3, -0.25) is 9.59 Å². The van der Waals surface area contributed by atoms with E-state index in [4.69, 9.17) is 17.3 Å². The number of esters is 1. The third-order valence-corrected chi connectivity index (χ3v) is 4.53. The molecule has 0 saturated carbocycles. The Morgan fingerprint density at radius 3 is 2.92 bits per heavy atom. The zero-order valence-corrected chi connectivity index (χ0v) is 14.5. The van der Waals surface area contributed by atoms with Gasteiger partial charge in [-0.1, -0.05) is 23.7 Å². The Hall–Kier alpha value is -2.44. The lowest BCUT2D eigenvalue weighted by molar-refractivity contribution is -0.142. The summed E-state index contributed by atoms with van der Waals surface area (Å²) in [5.74, 6) is -0.612. The largest absolute Gasteiger partial charge is 0.468 e. The summed E-state index contributed by atoms with van der Waals surface area (Å²) >= 11 is 6.03. The molecule has 130 valence electrons. The molecule has 0 fully saturated rings. The van der Waals surface area contributed by atoms with E-state index in [0.717, 1.165) is 23.2 Å². The average molecular weight is 360 g/mol. The molecule has 0 spiro atoms. The molecule has 0 radical (unpaired) electrons. The predicted molar refractivity (Wildman–Crippen MR) is 94.8 cm³/mol. The van der Waals surface area contributed by atoms with Crippen molar-refractivity contribution in [2.75, 3.05) is 18.6 Å². The van der Waals surface area contributed by atoms with Crippen molar-refractivity contribution < 1.29 is 14.3 Å². The molecule has 1 unspecified atom stereocenters. The highest BCUT2D eigenvalue weighted by molar-refractivity contribution is 6.33. The minimum atomic E-state index is -0.698. The molecule has 0 saturated heterocycles. The molecule has 1 atom stereocenters. The monoisotopic (exact) mass is 359 g/mol. The van der Waals surface area contributed by atoms with Crippen LogP contribution in [0.3, 0.4) is 0 Å². The molecule has 2 heterocycles. The molecule has 3 rings (SSSR count). The lowest BCUT2D eigenvalue weighted by atomic mass is 10.0. The number of halogens is 1. The van der Waals surface area contributed by atoms with Crippen LogP contribution < -0.4 is 10.6 Å². The maximum atomic E-state index is 12.7. The van der Waals surface area contributed by atoms with Gasteiger partial charge in [-0.15, -0.1) is 0 Å². The van der Waals surface area contributed by atoms with Gasteiger partial charge in [0.15, 0.2) is 0 Å². The number of fused-ring (bicyclic) bond motifs is 1. The third kappa shape index (κ3) is 3.50. The Kier molecular flexibility index (Phi) is 5.01. The van der Waals surface area contributed by atoms with Crippen LogP contribution in [0.25, 0.3) is 0 Å². The van der Waals surface area contributed by atoms with E-state index >= 15 is 0 Å². The number of hydrogen-bond donors (Lipinski definition) is 1. The lowest BCUT2D eigenvalue weighted by Crippen LogP contribution is -2.33. The van der Waals surface area contributed by atoms with Gasteiger partial charge in [0.05, 0.1) is 12.7 Å². The first-order valence-corrected chi connectivity index (χ1v) is 8.26. The highest BCUT2D eigenvalue weighted by Gasteiger charge is 2.27. The first-order chi connectivity index (χ1) is 12.0. The second-order valence-corrected chi connectivity index (χ2v) is 6.20. The van der Waals surface area contributed by atoms with E-state index in [1.54, 1.807) is 23.2 Å². The number of hydrogen-bond acceptors (Lipinski definition) is 5. The lowest BCUT2D eigenvalue weighted by Gasteiger charge is -2.18. The first-order valence-electron chi connectivity index (χ1n) is 7.89. The number of anilines is 1. The summed E-state index contributed by atoms with van der Waals surface area (Å²) in [6.45, 7) is 0.575. The normalized spacial score (nSPS) is 14.1. The molecule has 0 aliphatic carbocycles. The fraction of sp³-hybridized carbons (Fsp3) is 0.278. The molecule has 1 amide bonds. The van der Waals surface area contributed by atoms with Gasteiger partial charge in [-0.2, -0.15) is 0 Å². The predicted octanol–water partition coefficient (Wildman–Crippen LogP) is 1.98. The van der Waals surface area contributed by atoms with Gasteiger partial charge < -0.3 is 15.4 Å². The Bertz CT molecular complexity index is 825. The fourth-order valence-electron chi connectivity index (χ4n) is 2.97. The van der Waals surface area contributed by atoms with E-state index in [0.29, 0.717) is 18.5 Å². The summed E-state index contributed by atoms with van der Waals surface area (Å²) in [7, 11) is 1.32. The van der Waals surface area contributed by atoms with Crippen LogP contribution >= 0.6 is 11.6 Å². The number of amides is 1. The number of ether oxygens (including phenoxy) is 1. The van der Waals surface area contributed by atoms with Gasteiger partial charge in [0, 0.05) is 18.4 Å². The SMILES string of the molecule is COC(=O)C(N)Cc1ccc2c(c1)CCN2C(=O)c1cccnc1Cl. The van der Waals surface area contributed by atoms with Crippen LogP contribution in [0, 0.1) is 0 Å². The topological polar surface area (TPSA) is 85.5 Å². The van der Waals surface area contributed by atoms with Crippen molar-refractivity contribution >= 4 is 29.2 Å². The molecular weight excluding hydrogens is 342 g/mol. The molecule has 2 N–H and O–H groups in total. The summed E-state index contributed by atoms with van der Waals surface area (Å²) in [5, 5.41) is 0.196. The van der Waals surface area contributed by atoms with E-state index in [1.165, 1.54) is 7.11 Å². The molecule has 25 heavy (non-hydrogen) atoms. The Balaban J connectivity index is 1.81. The molecule has 7 heteroatoms. The highest BCUT2D eigenvalue weighted by atomic mass is 35.5. The second-order valence-electron chi connectivity index (χ2n) is 5.85. The maximum absolute atomic E-state index is 12.7. The number of nitrogens with two attached hydrogens (primary N) is 1. The van der Waals surface area contributed by atoms with Gasteiger partial charge in [-0.05, 0) is 42.2 Å². The number of pyridine rings is 1. The van der Waals surface area contributed by atoms with E-state index in [9.17, 15) is 9.59 Å². The Labute approximate surface area is 150 Å². The van der Waals surface area contributed by atoms with Crippen LogP contribution in [0.5, 0.6) is 0 Å². The summed E-state index contributed by atoms with van der Waals surface area (Å²) in [4.78, 5) is 29.9. The van der Waals surface area contributed by atoms with Crippen LogP contribution in [0.4, 0.5) is 5.69 Å². The van der Waals surface area contributed by atoms with E-state index in [-0.39, 0.29) is 11.1 Å². The number of carbonyl (C=O) groups excluding carboxylic acids is 2. The second kappa shape index (κ2) is 7.21. The van der Waals surface area contributed by atoms with Crippen molar-refractivity contribution in [1.29, 1.82) is 0 Å². The average Bonchev–Trinajstić information content (AvgIpc) is 3.04. The van der Waals surface area contributed by atoms with E-state index < -0.39 is 12.0 Å². The Morgan fingerprint density at radius 1 is 1.40 bits per heavy atom. The van der Waals surface area contributed by atoms with Crippen LogP contribution in [-0.4, -0.2) is 36.6 Å². The summed E-state index contributed by atoms with van der Waals surface area (Å²) < 4.78 is 4.65. The highest BCUT2D eigenvalue weighted by Crippen LogP contribution is 2.31. The maximum Gasteiger partial charge on any atom is 0.322 e. The van der Waals surface area contributed by atoms with Crippen molar-refractivity contribution in [3.05, 3.63) is 58.4 Å². The number of carbonyl (C=O) groups is 2. The van der Waals surface area contributed by atoms with E-state index in [1.807, 2.05) is 18.2 Å². The smallest absolute Gasteiger partial charge is 0.322 e. The first kappa shape index (κ1) is 17.4. The summed E-state index contributed by atoms with van der Waals surface area (Å²) in [6, 6.07) is 8.39. The zero-order valence-electron chi connectivity index (χ0n) is 13.7. The molecule has 0 bridgehead atoms. The summed E-state index contributed by atoms with van der Waals surface area (Å²) in [5.41, 5.74) is 9.02. The molecule has 1 aliphatic heterocycles. The van der Waals surface area contributed by atoms with Gasteiger partial charge in [0.1, 0.15) is 11.2 Å². The number of aromatic nitrogens is 1. The molecule has 2 aromatic rings. The van der Waals surface area contributed by atoms with Crippen molar-refractivity contribution in [3.8, 4) is 0 Å². The van der Waals surface area contributed by atoms with Gasteiger partial charge >= 0.3 is 5.97 Å². The van der Waals surface area contributed by atoms with Crippen LogP contribution in [0.1, 0.15) is 21.5 Å². The zero-order chi connectivity index (χ0) is 18.0. The number of rotatable bonds is 4. The minimum absolute atomic E-state index is 0.170. The fourth-order valence-corrected chi connectivity index (χ4v) is 3.17. The molecule has 1 aromatic heterocycles. The molecular formula is C18H18ClN3O3. The van der Waals surface area contributed by atoms with Crippen LogP contribution in [0.15, 0.2) is 36.5 Å². The summed E-state index contributed by atoms with van der Waals surface area (Å²) in [6.07, 6.45) is 2.68. The Morgan fingerprint density at radius 2 is 2.20 bits per heavy atom. The molecule has 1 aromatic carbocycles. The van der Waals surface area contributed by atoms with E-state index in [2.05, 4.69) is 9.72 Å². The molecule has 1 aliphatic rings.